The highest BCUT2D eigenvalue weighted by Gasteiger charge is 2.21. The smallest absolute Gasteiger partial charge is 0.317 e. The van der Waals surface area contributed by atoms with Crippen LogP contribution in [0.5, 0.6) is 0 Å². The largest absolute Gasteiger partial charge is 0.396 e. The van der Waals surface area contributed by atoms with Crippen LogP contribution in [0.3, 0.4) is 0 Å². The molecule has 2 rings (SSSR count). The molecule has 2 aliphatic rings. The Morgan fingerprint density at radius 2 is 2.16 bits per heavy atom. The molecule has 110 valence electrons. The van der Waals surface area contributed by atoms with Crippen LogP contribution in [0, 0.1) is 5.92 Å². The van der Waals surface area contributed by atoms with Crippen molar-refractivity contribution in [3.8, 4) is 0 Å². The van der Waals surface area contributed by atoms with Gasteiger partial charge in [-0.25, -0.2) is 4.79 Å². The van der Waals surface area contributed by atoms with Crippen molar-refractivity contribution in [1.82, 2.24) is 15.5 Å². The summed E-state index contributed by atoms with van der Waals surface area (Å²) >= 11 is 0. The average Bonchev–Trinajstić information content (AvgIpc) is 2.82. The van der Waals surface area contributed by atoms with Crippen molar-refractivity contribution in [3.63, 3.8) is 0 Å². The van der Waals surface area contributed by atoms with Crippen LogP contribution in [0.1, 0.15) is 38.5 Å². The Morgan fingerprint density at radius 3 is 2.89 bits per heavy atom. The predicted octanol–water partition coefficient (Wildman–Crippen LogP) is 0.932. The number of urea groups is 1. The number of rotatable bonds is 4. The van der Waals surface area contributed by atoms with Crippen LogP contribution < -0.4 is 10.6 Å². The van der Waals surface area contributed by atoms with E-state index in [1.807, 2.05) is 4.90 Å². The highest BCUT2D eigenvalue weighted by atomic mass is 16.3. The molecule has 2 amide bonds. The molecule has 2 heterocycles. The van der Waals surface area contributed by atoms with Crippen LogP contribution >= 0.6 is 0 Å². The first-order chi connectivity index (χ1) is 9.29. The lowest BCUT2D eigenvalue weighted by atomic mass is 9.98. The van der Waals surface area contributed by atoms with Crippen molar-refractivity contribution in [2.75, 3.05) is 32.8 Å². The monoisotopic (exact) mass is 269 g/mol. The van der Waals surface area contributed by atoms with Crippen LogP contribution in [-0.2, 0) is 0 Å². The van der Waals surface area contributed by atoms with Gasteiger partial charge in [-0.1, -0.05) is 0 Å². The third-order valence-corrected chi connectivity index (χ3v) is 4.33. The molecule has 3 N–H and O–H groups in total. The second kappa shape index (κ2) is 7.70. The van der Waals surface area contributed by atoms with Crippen LogP contribution in [0.25, 0.3) is 0 Å². The Bertz CT molecular complexity index is 280. The van der Waals surface area contributed by atoms with Gasteiger partial charge in [-0.3, -0.25) is 0 Å². The van der Waals surface area contributed by atoms with Gasteiger partial charge < -0.3 is 20.6 Å². The van der Waals surface area contributed by atoms with E-state index in [1.165, 1.54) is 12.8 Å². The number of amides is 2. The molecule has 0 spiro atoms. The lowest BCUT2D eigenvalue weighted by Gasteiger charge is -2.22. The van der Waals surface area contributed by atoms with Gasteiger partial charge >= 0.3 is 6.03 Å². The first-order valence-electron chi connectivity index (χ1n) is 7.66. The van der Waals surface area contributed by atoms with Gasteiger partial charge in [-0.05, 0) is 51.0 Å². The van der Waals surface area contributed by atoms with E-state index in [0.717, 1.165) is 51.9 Å². The molecule has 5 nitrogen and oxygen atoms in total. The highest BCUT2D eigenvalue weighted by molar-refractivity contribution is 5.74. The van der Waals surface area contributed by atoms with Gasteiger partial charge in [0, 0.05) is 32.3 Å². The molecular weight excluding hydrogens is 242 g/mol. The maximum atomic E-state index is 12.1. The average molecular weight is 269 g/mol. The number of nitrogens with zero attached hydrogens (tertiary/aromatic N) is 1. The van der Waals surface area contributed by atoms with E-state index in [9.17, 15) is 4.79 Å². The summed E-state index contributed by atoms with van der Waals surface area (Å²) in [7, 11) is 0. The molecule has 0 bridgehead atoms. The van der Waals surface area contributed by atoms with E-state index in [0.29, 0.717) is 12.0 Å². The number of aliphatic hydroxyl groups is 1. The summed E-state index contributed by atoms with van der Waals surface area (Å²) in [4.78, 5) is 14.0. The summed E-state index contributed by atoms with van der Waals surface area (Å²) in [5.74, 6) is 0.583. The van der Waals surface area contributed by atoms with E-state index < -0.39 is 0 Å². The Hall–Kier alpha value is -0.810. The van der Waals surface area contributed by atoms with E-state index in [2.05, 4.69) is 10.6 Å². The number of aliphatic hydroxyl groups excluding tert-OH is 1. The molecule has 0 aromatic rings. The molecule has 5 heteroatoms. The molecule has 2 unspecified atom stereocenters. The second-order valence-corrected chi connectivity index (χ2v) is 5.78. The highest BCUT2D eigenvalue weighted by Crippen LogP contribution is 2.20. The molecule has 2 saturated heterocycles. The second-order valence-electron chi connectivity index (χ2n) is 5.78. The van der Waals surface area contributed by atoms with Crippen molar-refractivity contribution < 1.29 is 9.90 Å². The van der Waals surface area contributed by atoms with Crippen LogP contribution in [0.4, 0.5) is 4.79 Å². The molecule has 0 aromatic carbocycles. The van der Waals surface area contributed by atoms with Gasteiger partial charge in [0.15, 0.2) is 0 Å². The lowest BCUT2D eigenvalue weighted by molar-refractivity contribution is 0.197. The number of carbonyl (C=O) groups excluding carboxylic acids is 1. The zero-order valence-corrected chi connectivity index (χ0v) is 11.7. The fraction of sp³-hybridized carbons (Fsp3) is 0.929. The van der Waals surface area contributed by atoms with E-state index in [4.69, 9.17) is 5.11 Å². The van der Waals surface area contributed by atoms with Crippen molar-refractivity contribution in [1.29, 1.82) is 0 Å². The van der Waals surface area contributed by atoms with Crippen molar-refractivity contribution >= 4 is 6.03 Å². The Labute approximate surface area is 115 Å². The summed E-state index contributed by atoms with van der Waals surface area (Å²) in [5.41, 5.74) is 0. The van der Waals surface area contributed by atoms with Crippen LogP contribution in [0.2, 0.25) is 0 Å². The maximum Gasteiger partial charge on any atom is 0.317 e. The number of hydrogen-bond donors (Lipinski definition) is 3. The number of nitrogens with one attached hydrogen (secondary N) is 2. The fourth-order valence-electron chi connectivity index (χ4n) is 3.09. The SMILES string of the molecule is O=C(NCC1CCCN1)N1CCCC(CCO)CC1. The summed E-state index contributed by atoms with van der Waals surface area (Å²) in [6.07, 6.45) is 6.47. The zero-order chi connectivity index (χ0) is 13.5. The Morgan fingerprint density at radius 1 is 1.26 bits per heavy atom. The van der Waals surface area contributed by atoms with Gasteiger partial charge in [0.25, 0.3) is 0 Å². The fourth-order valence-corrected chi connectivity index (χ4v) is 3.09. The molecular formula is C14H27N3O2. The molecule has 2 atom stereocenters. The molecule has 2 fully saturated rings. The summed E-state index contributed by atoms with van der Waals surface area (Å²) in [6.45, 7) is 3.77. The quantitative estimate of drug-likeness (QED) is 0.711. The topological polar surface area (TPSA) is 64.6 Å². The van der Waals surface area contributed by atoms with Gasteiger partial charge in [0.05, 0.1) is 0 Å². The van der Waals surface area contributed by atoms with E-state index >= 15 is 0 Å². The molecule has 0 saturated carbocycles. The number of carbonyl (C=O) groups is 1. The maximum absolute atomic E-state index is 12.1. The van der Waals surface area contributed by atoms with Crippen molar-refractivity contribution in [2.24, 2.45) is 5.92 Å². The zero-order valence-electron chi connectivity index (χ0n) is 11.7. The summed E-state index contributed by atoms with van der Waals surface area (Å²) in [5, 5.41) is 15.4. The number of hydrogen-bond acceptors (Lipinski definition) is 3. The molecule has 0 aromatic heterocycles. The third kappa shape index (κ3) is 4.66. The molecule has 0 aliphatic carbocycles. The first-order valence-corrected chi connectivity index (χ1v) is 7.66. The molecule has 0 radical (unpaired) electrons. The van der Waals surface area contributed by atoms with E-state index in [-0.39, 0.29) is 12.6 Å². The number of likely N-dealkylation sites (tertiary alicyclic amines) is 1. The van der Waals surface area contributed by atoms with Crippen LogP contribution in [-0.4, -0.2) is 54.9 Å². The van der Waals surface area contributed by atoms with Crippen molar-refractivity contribution in [3.05, 3.63) is 0 Å². The van der Waals surface area contributed by atoms with E-state index in [1.54, 1.807) is 0 Å². The Kier molecular flexibility index (Phi) is 5.92. The van der Waals surface area contributed by atoms with Crippen LogP contribution in [0.15, 0.2) is 0 Å². The Balaban J connectivity index is 1.69. The molecule has 2 aliphatic heterocycles. The first kappa shape index (κ1) is 14.6. The lowest BCUT2D eigenvalue weighted by Crippen LogP contribution is -2.45. The minimum absolute atomic E-state index is 0.0818. The van der Waals surface area contributed by atoms with Gasteiger partial charge in [-0.2, -0.15) is 0 Å². The minimum Gasteiger partial charge on any atom is -0.396 e. The third-order valence-electron chi connectivity index (χ3n) is 4.33. The normalized spacial score (nSPS) is 28.2. The summed E-state index contributed by atoms with van der Waals surface area (Å²) in [6, 6.07) is 0.538. The summed E-state index contributed by atoms with van der Waals surface area (Å²) < 4.78 is 0. The van der Waals surface area contributed by atoms with Gasteiger partial charge in [0.1, 0.15) is 0 Å². The van der Waals surface area contributed by atoms with Crippen molar-refractivity contribution in [2.45, 2.75) is 44.6 Å². The molecule has 19 heavy (non-hydrogen) atoms. The predicted molar refractivity (Wildman–Crippen MR) is 75.0 cm³/mol. The standard InChI is InChI=1S/C14H27N3O2/c18-10-6-12-3-2-8-17(9-5-12)14(19)16-11-13-4-1-7-15-13/h12-13,15,18H,1-11H2,(H,16,19). The minimum atomic E-state index is 0.0818. The van der Waals surface area contributed by atoms with Gasteiger partial charge in [0.2, 0.25) is 0 Å². The van der Waals surface area contributed by atoms with Gasteiger partial charge in [-0.15, -0.1) is 0 Å².